The van der Waals surface area contributed by atoms with Crippen LogP contribution in [0.1, 0.15) is 30.6 Å². The van der Waals surface area contributed by atoms with Gasteiger partial charge < -0.3 is 4.74 Å². The lowest BCUT2D eigenvalue weighted by atomic mass is 10.1. The summed E-state index contributed by atoms with van der Waals surface area (Å²) in [5.41, 5.74) is 0.366. The Labute approximate surface area is 128 Å². The predicted octanol–water partition coefficient (Wildman–Crippen LogP) is 3.10. The first kappa shape index (κ1) is 17.2. The van der Waals surface area contributed by atoms with Crippen molar-refractivity contribution in [1.29, 1.82) is 0 Å². The van der Waals surface area contributed by atoms with Crippen molar-refractivity contribution in [3.63, 3.8) is 0 Å². The average molecular weight is 363 g/mol. The van der Waals surface area contributed by atoms with E-state index in [1.807, 2.05) is 13.8 Å². The zero-order valence-corrected chi connectivity index (χ0v) is 14.3. The van der Waals surface area contributed by atoms with Crippen molar-refractivity contribution >= 4 is 31.6 Å². The van der Waals surface area contributed by atoms with Crippen LogP contribution in [0.25, 0.3) is 0 Å². The zero-order chi connectivity index (χ0) is 15.3. The van der Waals surface area contributed by atoms with Crippen LogP contribution in [-0.2, 0) is 9.84 Å². The molecule has 0 N–H and O–H groups in total. The second kappa shape index (κ2) is 7.22. The van der Waals surface area contributed by atoms with Crippen LogP contribution in [0.15, 0.2) is 22.7 Å². The molecule has 0 aliphatic rings. The van der Waals surface area contributed by atoms with E-state index in [-0.39, 0.29) is 11.7 Å². The third-order valence-corrected chi connectivity index (χ3v) is 5.46. The SMILES string of the molecule is CCC(C)CS(=O)(=O)CC(=O)c1ccc(OC)c(Br)c1. The Morgan fingerprint density at radius 3 is 2.55 bits per heavy atom. The number of methoxy groups -OCH3 is 1. The number of Topliss-reactive ketones (excluding diaryl/α,β-unsaturated/α-hetero) is 1. The van der Waals surface area contributed by atoms with Crippen LogP contribution in [0.4, 0.5) is 0 Å². The topological polar surface area (TPSA) is 60.4 Å². The number of rotatable bonds is 7. The Morgan fingerprint density at radius 1 is 1.40 bits per heavy atom. The standard InChI is InChI=1S/C14H19BrO4S/c1-4-10(2)8-20(17,18)9-13(16)11-5-6-14(19-3)12(15)7-11/h5-7,10H,4,8-9H2,1-3H3. The van der Waals surface area contributed by atoms with Gasteiger partial charge in [0.1, 0.15) is 11.5 Å². The van der Waals surface area contributed by atoms with Crippen molar-refractivity contribution in [2.45, 2.75) is 20.3 Å². The quantitative estimate of drug-likeness (QED) is 0.699. The summed E-state index contributed by atoms with van der Waals surface area (Å²) in [6.45, 7) is 3.80. The summed E-state index contributed by atoms with van der Waals surface area (Å²) in [6, 6.07) is 4.79. The van der Waals surface area contributed by atoms with E-state index in [4.69, 9.17) is 4.74 Å². The van der Waals surface area contributed by atoms with E-state index in [9.17, 15) is 13.2 Å². The number of ether oxygens (including phenoxy) is 1. The third-order valence-electron chi connectivity index (χ3n) is 3.06. The van der Waals surface area contributed by atoms with Crippen LogP contribution >= 0.6 is 15.9 Å². The lowest BCUT2D eigenvalue weighted by Crippen LogP contribution is -2.22. The minimum Gasteiger partial charge on any atom is -0.496 e. The molecule has 0 bridgehead atoms. The highest BCUT2D eigenvalue weighted by molar-refractivity contribution is 9.10. The molecule has 0 heterocycles. The first-order valence-corrected chi connectivity index (χ1v) is 8.97. The first-order chi connectivity index (χ1) is 9.29. The molecule has 1 aromatic rings. The Morgan fingerprint density at radius 2 is 2.05 bits per heavy atom. The summed E-state index contributed by atoms with van der Waals surface area (Å²) in [7, 11) is -1.84. The smallest absolute Gasteiger partial charge is 0.177 e. The molecule has 0 fully saturated rings. The number of sulfone groups is 1. The highest BCUT2D eigenvalue weighted by Gasteiger charge is 2.20. The second-order valence-corrected chi connectivity index (χ2v) is 7.80. The molecule has 0 aromatic heterocycles. The first-order valence-electron chi connectivity index (χ1n) is 6.36. The Kier molecular flexibility index (Phi) is 6.20. The largest absolute Gasteiger partial charge is 0.496 e. The molecule has 112 valence electrons. The van der Waals surface area contributed by atoms with Crippen LogP contribution in [0, 0.1) is 5.92 Å². The molecule has 0 aliphatic heterocycles. The van der Waals surface area contributed by atoms with Crippen molar-refractivity contribution in [3.8, 4) is 5.75 Å². The maximum Gasteiger partial charge on any atom is 0.177 e. The maximum absolute atomic E-state index is 12.0. The summed E-state index contributed by atoms with van der Waals surface area (Å²) in [4.78, 5) is 12.0. The third kappa shape index (κ3) is 4.90. The second-order valence-electron chi connectivity index (χ2n) is 4.84. The van der Waals surface area contributed by atoms with E-state index in [0.717, 1.165) is 6.42 Å². The van der Waals surface area contributed by atoms with Crippen molar-refractivity contribution in [2.75, 3.05) is 18.6 Å². The van der Waals surface area contributed by atoms with Crippen molar-refractivity contribution in [3.05, 3.63) is 28.2 Å². The molecule has 4 nitrogen and oxygen atoms in total. The predicted molar refractivity (Wildman–Crippen MR) is 83.1 cm³/mol. The number of halogens is 1. The minimum atomic E-state index is -3.36. The normalized spacial score (nSPS) is 13.0. The van der Waals surface area contributed by atoms with E-state index in [1.54, 1.807) is 18.2 Å². The Bertz CT molecular complexity index is 581. The Balaban J connectivity index is 2.83. The molecule has 20 heavy (non-hydrogen) atoms. The number of hydrogen-bond donors (Lipinski definition) is 0. The molecule has 1 aromatic carbocycles. The number of carbonyl (C=O) groups is 1. The van der Waals surface area contributed by atoms with Gasteiger partial charge in [0.2, 0.25) is 0 Å². The van der Waals surface area contributed by atoms with Gasteiger partial charge in [0.25, 0.3) is 0 Å². The molecular weight excluding hydrogens is 344 g/mol. The van der Waals surface area contributed by atoms with Crippen LogP contribution in [0.3, 0.4) is 0 Å². The van der Waals surface area contributed by atoms with E-state index in [0.29, 0.717) is 15.8 Å². The molecule has 0 amide bonds. The zero-order valence-electron chi connectivity index (χ0n) is 11.8. The van der Waals surface area contributed by atoms with Crippen molar-refractivity contribution < 1.29 is 17.9 Å². The molecule has 1 rings (SSSR count). The summed E-state index contributed by atoms with van der Waals surface area (Å²) < 4.78 is 29.6. The molecule has 1 atom stereocenters. The summed E-state index contributed by atoms with van der Waals surface area (Å²) in [6.07, 6.45) is 0.779. The van der Waals surface area contributed by atoms with Gasteiger partial charge in [-0.15, -0.1) is 0 Å². The molecular formula is C14H19BrO4S. The minimum absolute atomic E-state index is 0.0482. The number of hydrogen-bond acceptors (Lipinski definition) is 4. The molecule has 0 saturated carbocycles. The van der Waals surface area contributed by atoms with Crippen LogP contribution in [-0.4, -0.2) is 32.8 Å². The number of carbonyl (C=O) groups excluding carboxylic acids is 1. The van der Waals surface area contributed by atoms with Crippen molar-refractivity contribution in [2.24, 2.45) is 5.92 Å². The van der Waals surface area contributed by atoms with Crippen LogP contribution < -0.4 is 4.74 Å². The highest BCUT2D eigenvalue weighted by Crippen LogP contribution is 2.25. The Hall–Kier alpha value is -0.880. The molecule has 1 unspecified atom stereocenters. The van der Waals surface area contributed by atoms with E-state index in [1.165, 1.54) is 7.11 Å². The highest BCUT2D eigenvalue weighted by atomic mass is 79.9. The van der Waals surface area contributed by atoms with Gasteiger partial charge in [0, 0.05) is 5.56 Å². The fourth-order valence-corrected chi connectivity index (χ4v) is 4.06. The van der Waals surface area contributed by atoms with Gasteiger partial charge in [-0.05, 0) is 40.0 Å². The van der Waals surface area contributed by atoms with Gasteiger partial charge in [0.05, 0.1) is 17.3 Å². The molecule has 0 spiro atoms. The van der Waals surface area contributed by atoms with E-state index < -0.39 is 21.4 Å². The van der Waals surface area contributed by atoms with Gasteiger partial charge in [-0.1, -0.05) is 20.3 Å². The fraction of sp³-hybridized carbons (Fsp3) is 0.500. The number of ketones is 1. The van der Waals surface area contributed by atoms with Crippen LogP contribution in [0.2, 0.25) is 0 Å². The summed E-state index contributed by atoms with van der Waals surface area (Å²) in [5.74, 6) is -0.126. The maximum atomic E-state index is 12.0. The van der Waals surface area contributed by atoms with E-state index in [2.05, 4.69) is 15.9 Å². The lowest BCUT2D eigenvalue weighted by Gasteiger charge is -2.09. The number of benzene rings is 1. The molecule has 0 saturated heterocycles. The fourth-order valence-electron chi connectivity index (χ4n) is 1.73. The van der Waals surface area contributed by atoms with Gasteiger partial charge in [0.15, 0.2) is 15.6 Å². The summed E-state index contributed by atoms with van der Waals surface area (Å²) >= 11 is 3.28. The van der Waals surface area contributed by atoms with Crippen molar-refractivity contribution in [1.82, 2.24) is 0 Å². The van der Waals surface area contributed by atoms with Gasteiger partial charge in [-0.25, -0.2) is 8.42 Å². The van der Waals surface area contributed by atoms with Gasteiger partial charge in [-0.3, -0.25) is 4.79 Å². The molecule has 6 heteroatoms. The average Bonchev–Trinajstić information content (AvgIpc) is 2.37. The van der Waals surface area contributed by atoms with E-state index >= 15 is 0 Å². The monoisotopic (exact) mass is 362 g/mol. The van der Waals surface area contributed by atoms with Crippen LogP contribution in [0.5, 0.6) is 5.75 Å². The summed E-state index contributed by atoms with van der Waals surface area (Å²) in [5, 5.41) is 0. The molecule has 0 radical (unpaired) electrons. The lowest BCUT2D eigenvalue weighted by molar-refractivity contribution is 0.102. The molecule has 0 aliphatic carbocycles. The van der Waals surface area contributed by atoms with Gasteiger partial charge in [-0.2, -0.15) is 0 Å². The van der Waals surface area contributed by atoms with Gasteiger partial charge >= 0.3 is 0 Å².